The molecule has 3 rings (SSSR count). The fourth-order valence-corrected chi connectivity index (χ4v) is 3.30. The Hall–Kier alpha value is -1.86. The van der Waals surface area contributed by atoms with Crippen molar-refractivity contribution in [3.8, 4) is 0 Å². The lowest BCUT2D eigenvalue weighted by Gasteiger charge is -2.18. The number of nitrogens with two attached hydrogens (primary N) is 1. The second-order valence-corrected chi connectivity index (χ2v) is 5.89. The third-order valence-electron chi connectivity index (χ3n) is 4.41. The monoisotopic (exact) mass is 326 g/mol. The van der Waals surface area contributed by atoms with Crippen LogP contribution >= 0.6 is 12.4 Å². The van der Waals surface area contributed by atoms with Gasteiger partial charge in [0.15, 0.2) is 0 Å². The molecule has 0 radical (unpaired) electrons. The van der Waals surface area contributed by atoms with Gasteiger partial charge in [-0.25, -0.2) is 0 Å². The van der Waals surface area contributed by atoms with Crippen LogP contribution in [0.4, 0.5) is 11.4 Å². The van der Waals surface area contributed by atoms with E-state index >= 15 is 0 Å². The number of hydrogen-bond donors (Lipinski definition) is 2. The molecule has 1 amide bonds. The molecule has 1 aromatic rings. The zero-order valence-electron chi connectivity index (χ0n) is 12.2. The molecular formula is C14H19ClN4O3. The van der Waals surface area contributed by atoms with E-state index in [-0.39, 0.29) is 35.3 Å². The van der Waals surface area contributed by atoms with E-state index in [1.54, 1.807) is 17.9 Å². The minimum Gasteiger partial charge on any atom is -0.393 e. The molecule has 3 N–H and O–H groups in total. The van der Waals surface area contributed by atoms with Gasteiger partial charge >= 0.3 is 0 Å². The molecule has 2 heterocycles. The molecule has 0 spiro atoms. The number of carbonyl (C=O) groups is 1. The number of anilines is 1. The Morgan fingerprint density at radius 2 is 1.95 bits per heavy atom. The lowest BCUT2D eigenvalue weighted by atomic mass is 10.0. The van der Waals surface area contributed by atoms with Crippen molar-refractivity contribution in [1.82, 2.24) is 10.2 Å². The Kier molecular flexibility index (Phi) is 4.58. The molecule has 8 heteroatoms. The van der Waals surface area contributed by atoms with Gasteiger partial charge in [0.2, 0.25) is 0 Å². The van der Waals surface area contributed by atoms with E-state index in [1.165, 1.54) is 6.07 Å². The van der Waals surface area contributed by atoms with Crippen molar-refractivity contribution in [2.24, 2.45) is 11.8 Å². The van der Waals surface area contributed by atoms with Crippen LogP contribution in [0.15, 0.2) is 12.1 Å². The highest BCUT2D eigenvalue weighted by molar-refractivity contribution is 6.01. The number of nitro groups is 1. The van der Waals surface area contributed by atoms with Crippen molar-refractivity contribution < 1.29 is 9.72 Å². The van der Waals surface area contributed by atoms with Crippen LogP contribution in [0.25, 0.3) is 0 Å². The number of carbonyl (C=O) groups excluding carboxylic acids is 1. The van der Waals surface area contributed by atoms with Gasteiger partial charge in [0, 0.05) is 32.2 Å². The zero-order valence-corrected chi connectivity index (χ0v) is 13.1. The molecule has 2 aliphatic heterocycles. The number of aryl methyl sites for hydroxylation is 1. The summed E-state index contributed by atoms with van der Waals surface area (Å²) < 4.78 is 0. The molecule has 2 aliphatic rings. The van der Waals surface area contributed by atoms with Crippen molar-refractivity contribution in [1.29, 1.82) is 0 Å². The largest absolute Gasteiger partial charge is 0.393 e. The number of fused-ring (bicyclic) bond motifs is 1. The van der Waals surface area contributed by atoms with Gasteiger partial charge in [-0.3, -0.25) is 14.9 Å². The molecule has 2 fully saturated rings. The van der Waals surface area contributed by atoms with Gasteiger partial charge in [0.1, 0.15) is 5.69 Å². The van der Waals surface area contributed by atoms with E-state index in [2.05, 4.69) is 5.32 Å². The number of halogens is 1. The normalized spacial score (nSPS) is 23.0. The summed E-state index contributed by atoms with van der Waals surface area (Å²) in [6, 6.07) is 3.03. The Morgan fingerprint density at radius 1 is 1.36 bits per heavy atom. The first-order valence-electron chi connectivity index (χ1n) is 7.02. The van der Waals surface area contributed by atoms with Crippen LogP contribution < -0.4 is 11.1 Å². The maximum absolute atomic E-state index is 12.6. The van der Waals surface area contributed by atoms with Gasteiger partial charge in [0.05, 0.1) is 10.5 Å². The molecule has 1 aromatic carbocycles. The predicted molar refractivity (Wildman–Crippen MR) is 85.2 cm³/mol. The van der Waals surface area contributed by atoms with Crippen LogP contribution in [-0.2, 0) is 0 Å². The maximum atomic E-state index is 12.6. The van der Waals surface area contributed by atoms with Crippen LogP contribution in [0.1, 0.15) is 15.9 Å². The first kappa shape index (κ1) is 16.5. The second-order valence-electron chi connectivity index (χ2n) is 5.89. The summed E-state index contributed by atoms with van der Waals surface area (Å²) in [5.41, 5.74) is 6.52. The summed E-state index contributed by atoms with van der Waals surface area (Å²) in [7, 11) is 0. The number of nitrogens with zero attached hydrogens (tertiary/aromatic N) is 2. The molecule has 2 atom stereocenters. The van der Waals surface area contributed by atoms with E-state index in [0.29, 0.717) is 30.5 Å². The minimum absolute atomic E-state index is 0. The standard InChI is InChI=1S/C14H18N4O3.ClH/c1-8-2-11(13(15)12(3-8)18(20)21)14(19)17-6-9-4-16-5-10(9)7-17;/h2-3,9-10,16H,4-7,15H2,1H3;1H/t9-,10+;. The number of nitro benzene ring substituents is 1. The minimum atomic E-state index is -0.540. The number of benzene rings is 1. The molecular weight excluding hydrogens is 308 g/mol. The van der Waals surface area contributed by atoms with E-state index in [0.717, 1.165) is 13.1 Å². The van der Waals surface area contributed by atoms with Gasteiger partial charge in [-0.2, -0.15) is 0 Å². The van der Waals surface area contributed by atoms with E-state index < -0.39 is 4.92 Å². The highest BCUT2D eigenvalue weighted by Gasteiger charge is 2.39. The summed E-state index contributed by atoms with van der Waals surface area (Å²) >= 11 is 0. The van der Waals surface area contributed by atoms with E-state index in [9.17, 15) is 14.9 Å². The smallest absolute Gasteiger partial charge is 0.293 e. The van der Waals surface area contributed by atoms with Crippen LogP contribution in [-0.4, -0.2) is 41.9 Å². The lowest BCUT2D eigenvalue weighted by molar-refractivity contribution is -0.384. The van der Waals surface area contributed by atoms with Crippen LogP contribution in [0.2, 0.25) is 0 Å². The van der Waals surface area contributed by atoms with Crippen molar-refractivity contribution in [3.63, 3.8) is 0 Å². The Morgan fingerprint density at radius 3 is 2.50 bits per heavy atom. The first-order chi connectivity index (χ1) is 9.97. The fourth-order valence-electron chi connectivity index (χ4n) is 3.30. The first-order valence-corrected chi connectivity index (χ1v) is 7.02. The molecule has 0 aromatic heterocycles. The summed E-state index contributed by atoms with van der Waals surface area (Å²) in [6.45, 7) is 4.97. The van der Waals surface area contributed by atoms with Crippen LogP contribution in [0.3, 0.4) is 0 Å². The quantitative estimate of drug-likeness (QED) is 0.483. The molecule has 0 aliphatic carbocycles. The number of likely N-dealkylation sites (tertiary alicyclic amines) is 1. The van der Waals surface area contributed by atoms with Gasteiger partial charge in [0.25, 0.3) is 11.6 Å². The molecule has 0 bridgehead atoms. The second kappa shape index (κ2) is 6.10. The lowest BCUT2D eigenvalue weighted by Crippen LogP contribution is -2.32. The van der Waals surface area contributed by atoms with Crippen molar-refractivity contribution in [2.75, 3.05) is 31.9 Å². The van der Waals surface area contributed by atoms with Crippen molar-refractivity contribution in [2.45, 2.75) is 6.92 Å². The third-order valence-corrected chi connectivity index (χ3v) is 4.41. The average molecular weight is 327 g/mol. The van der Waals surface area contributed by atoms with Gasteiger partial charge in [-0.15, -0.1) is 12.4 Å². The van der Waals surface area contributed by atoms with E-state index in [1.807, 2.05) is 0 Å². The van der Waals surface area contributed by atoms with Crippen LogP contribution in [0.5, 0.6) is 0 Å². The summed E-state index contributed by atoms with van der Waals surface area (Å²) in [4.78, 5) is 24.9. The van der Waals surface area contributed by atoms with Crippen molar-refractivity contribution in [3.05, 3.63) is 33.4 Å². The number of nitrogens with one attached hydrogen (secondary N) is 1. The molecule has 0 unspecified atom stereocenters. The number of nitrogen functional groups attached to an aromatic ring is 1. The molecule has 2 saturated heterocycles. The zero-order chi connectivity index (χ0) is 15.1. The van der Waals surface area contributed by atoms with Gasteiger partial charge < -0.3 is 16.0 Å². The molecule has 7 nitrogen and oxygen atoms in total. The summed E-state index contributed by atoms with van der Waals surface area (Å²) in [5, 5.41) is 14.3. The fraction of sp³-hybridized carbons (Fsp3) is 0.500. The molecule has 0 saturated carbocycles. The summed E-state index contributed by atoms with van der Waals surface area (Å²) in [5.74, 6) is 0.763. The van der Waals surface area contributed by atoms with Crippen molar-refractivity contribution >= 4 is 29.7 Å². The SMILES string of the molecule is Cc1cc(C(=O)N2C[C@H]3CNC[C@H]3C2)c(N)c([N+](=O)[O-])c1.Cl. The molecule has 120 valence electrons. The highest BCUT2D eigenvalue weighted by atomic mass is 35.5. The Labute approximate surface area is 134 Å². The Balaban J connectivity index is 0.00000176. The van der Waals surface area contributed by atoms with Gasteiger partial charge in [-0.1, -0.05) is 0 Å². The number of hydrogen-bond acceptors (Lipinski definition) is 5. The molecule has 22 heavy (non-hydrogen) atoms. The number of rotatable bonds is 2. The van der Waals surface area contributed by atoms with Gasteiger partial charge in [-0.05, 0) is 30.4 Å². The topological polar surface area (TPSA) is 102 Å². The number of amides is 1. The summed E-state index contributed by atoms with van der Waals surface area (Å²) in [6.07, 6.45) is 0. The Bertz CT molecular complexity index is 610. The average Bonchev–Trinajstić information content (AvgIpc) is 3.00. The maximum Gasteiger partial charge on any atom is 0.293 e. The van der Waals surface area contributed by atoms with E-state index in [4.69, 9.17) is 5.73 Å². The predicted octanol–water partition coefficient (Wildman–Crippen LogP) is 1.20. The van der Waals surface area contributed by atoms with Crippen LogP contribution in [0, 0.1) is 28.9 Å². The highest BCUT2D eigenvalue weighted by Crippen LogP contribution is 2.31. The third kappa shape index (κ3) is 2.74.